The number of hydrogen-bond donors (Lipinski definition) is 0. The summed E-state index contributed by atoms with van der Waals surface area (Å²) in [5, 5.41) is 13.2. The van der Waals surface area contributed by atoms with Gasteiger partial charge in [0.1, 0.15) is 0 Å². The molecule has 2 heteroatoms. The van der Waals surface area contributed by atoms with Crippen LogP contribution in [0.4, 0.5) is 0 Å². The predicted molar refractivity (Wildman–Crippen MR) is 106 cm³/mol. The summed E-state index contributed by atoms with van der Waals surface area (Å²) in [4.78, 5) is 0. The lowest BCUT2D eigenvalue weighted by Gasteiger charge is -2.31. The Balaban J connectivity index is 1.63. The SMILES string of the molecule is [O-][N+]1=C(c2ccccc2)C2(CCCCC2)CC1CC#Cc1ccccc1. The van der Waals surface area contributed by atoms with E-state index in [1.165, 1.54) is 24.0 Å². The topological polar surface area (TPSA) is 26.1 Å². The predicted octanol–water partition coefficient (Wildman–Crippen LogP) is 5.15. The van der Waals surface area contributed by atoms with Crippen molar-refractivity contribution >= 4 is 5.71 Å². The lowest BCUT2D eigenvalue weighted by molar-refractivity contribution is -0.490. The molecule has 2 nitrogen and oxygen atoms in total. The molecule has 2 aliphatic rings. The van der Waals surface area contributed by atoms with E-state index in [2.05, 4.69) is 24.0 Å². The Bertz CT molecular complexity index is 836. The molecule has 1 unspecified atom stereocenters. The molecule has 2 aromatic rings. The van der Waals surface area contributed by atoms with Crippen molar-refractivity contribution < 1.29 is 4.74 Å². The molecule has 1 fully saturated rings. The van der Waals surface area contributed by atoms with Crippen molar-refractivity contribution in [2.45, 2.75) is 51.0 Å². The zero-order valence-electron chi connectivity index (χ0n) is 15.2. The summed E-state index contributed by atoms with van der Waals surface area (Å²) >= 11 is 0. The Morgan fingerprint density at radius 1 is 0.923 bits per heavy atom. The monoisotopic (exact) mass is 343 g/mol. The molecule has 132 valence electrons. The quantitative estimate of drug-likeness (QED) is 0.421. The minimum Gasteiger partial charge on any atom is -0.623 e. The summed E-state index contributed by atoms with van der Waals surface area (Å²) in [6, 6.07) is 20.3. The van der Waals surface area contributed by atoms with Crippen molar-refractivity contribution in [3.63, 3.8) is 0 Å². The van der Waals surface area contributed by atoms with Gasteiger partial charge in [-0.3, -0.25) is 0 Å². The average Bonchev–Trinajstić information content (AvgIpc) is 2.95. The van der Waals surface area contributed by atoms with Crippen LogP contribution in [0, 0.1) is 22.5 Å². The van der Waals surface area contributed by atoms with E-state index in [1.807, 2.05) is 48.5 Å². The molecule has 26 heavy (non-hydrogen) atoms. The number of nitrogens with zero attached hydrogens (tertiary/aromatic N) is 1. The number of hydrogen-bond acceptors (Lipinski definition) is 1. The van der Waals surface area contributed by atoms with Crippen molar-refractivity contribution in [3.05, 3.63) is 77.0 Å². The molecule has 1 aliphatic heterocycles. The molecule has 0 bridgehead atoms. The Morgan fingerprint density at radius 2 is 1.58 bits per heavy atom. The normalized spacial score (nSPS) is 21.5. The first-order chi connectivity index (χ1) is 12.8. The van der Waals surface area contributed by atoms with Crippen LogP contribution in [0.3, 0.4) is 0 Å². The standard InChI is InChI=1S/C24H25NO/c26-25-22(16-10-13-20-11-4-1-5-12-20)19-24(17-8-3-9-18-24)23(25)21-14-6-2-7-15-21/h1-2,4-7,11-12,14-15,22H,3,8-9,16-19H2. The molecule has 1 heterocycles. The molecule has 2 aromatic carbocycles. The second kappa shape index (κ2) is 7.38. The van der Waals surface area contributed by atoms with Crippen LogP contribution in [0.1, 0.15) is 56.1 Å². The van der Waals surface area contributed by atoms with Crippen LogP contribution < -0.4 is 0 Å². The van der Waals surface area contributed by atoms with Crippen LogP contribution in [0.15, 0.2) is 60.7 Å². The molecule has 4 rings (SSSR count). The maximum Gasteiger partial charge on any atom is 0.201 e. The lowest BCUT2D eigenvalue weighted by Crippen LogP contribution is -2.32. The first kappa shape index (κ1) is 16.9. The highest BCUT2D eigenvalue weighted by atomic mass is 16.5. The van der Waals surface area contributed by atoms with Gasteiger partial charge in [0.2, 0.25) is 5.71 Å². The zero-order valence-corrected chi connectivity index (χ0v) is 15.2. The number of hydroxylamine groups is 1. The lowest BCUT2D eigenvalue weighted by atomic mass is 9.67. The molecule has 1 spiro atoms. The van der Waals surface area contributed by atoms with Crippen LogP contribution in [0.5, 0.6) is 0 Å². The van der Waals surface area contributed by atoms with Crippen molar-refractivity contribution in [1.29, 1.82) is 0 Å². The van der Waals surface area contributed by atoms with Gasteiger partial charge in [0.15, 0.2) is 6.04 Å². The van der Waals surface area contributed by atoms with Crippen LogP contribution in [0.2, 0.25) is 0 Å². The minimum absolute atomic E-state index is 0.0282. The number of benzene rings is 2. The third-order valence-corrected chi connectivity index (χ3v) is 5.88. The van der Waals surface area contributed by atoms with Gasteiger partial charge in [-0.25, -0.2) is 4.74 Å². The molecule has 1 atom stereocenters. The third-order valence-electron chi connectivity index (χ3n) is 5.88. The summed E-state index contributed by atoms with van der Waals surface area (Å²) in [5.74, 6) is 6.48. The molecule has 1 saturated carbocycles. The van der Waals surface area contributed by atoms with Gasteiger partial charge in [0.25, 0.3) is 0 Å². The first-order valence-electron chi connectivity index (χ1n) is 9.72. The molecular formula is C24H25NO. The van der Waals surface area contributed by atoms with Crippen LogP contribution in [-0.2, 0) is 0 Å². The van der Waals surface area contributed by atoms with Gasteiger partial charge in [-0.15, -0.1) is 0 Å². The van der Waals surface area contributed by atoms with Gasteiger partial charge in [-0.05, 0) is 37.1 Å². The minimum atomic E-state index is -0.0282. The van der Waals surface area contributed by atoms with Crippen molar-refractivity contribution in [1.82, 2.24) is 0 Å². The van der Waals surface area contributed by atoms with E-state index in [9.17, 15) is 5.21 Å². The fraction of sp³-hybridized carbons (Fsp3) is 0.375. The Labute approximate surface area is 156 Å². The van der Waals surface area contributed by atoms with E-state index in [0.29, 0.717) is 6.42 Å². The summed E-state index contributed by atoms with van der Waals surface area (Å²) in [7, 11) is 0. The second-order valence-corrected chi connectivity index (χ2v) is 7.61. The fourth-order valence-corrected chi connectivity index (χ4v) is 4.69. The molecule has 1 aliphatic carbocycles. The maximum atomic E-state index is 13.2. The van der Waals surface area contributed by atoms with Crippen LogP contribution in [-0.4, -0.2) is 16.5 Å². The molecule has 0 radical (unpaired) electrons. The van der Waals surface area contributed by atoms with E-state index in [1.54, 1.807) is 0 Å². The Kier molecular flexibility index (Phi) is 4.80. The van der Waals surface area contributed by atoms with Gasteiger partial charge in [0.05, 0.1) is 11.8 Å². The molecule has 0 saturated heterocycles. The van der Waals surface area contributed by atoms with E-state index < -0.39 is 0 Å². The van der Waals surface area contributed by atoms with Crippen molar-refractivity contribution in [2.24, 2.45) is 5.41 Å². The zero-order chi connectivity index (χ0) is 17.8. The van der Waals surface area contributed by atoms with E-state index in [4.69, 9.17) is 0 Å². The van der Waals surface area contributed by atoms with Gasteiger partial charge >= 0.3 is 0 Å². The van der Waals surface area contributed by atoms with Gasteiger partial charge < -0.3 is 5.21 Å². The summed E-state index contributed by atoms with van der Waals surface area (Å²) in [5.41, 5.74) is 3.19. The van der Waals surface area contributed by atoms with Crippen molar-refractivity contribution in [2.75, 3.05) is 0 Å². The first-order valence-corrected chi connectivity index (χ1v) is 9.72. The van der Waals surface area contributed by atoms with Crippen LogP contribution >= 0.6 is 0 Å². The highest BCUT2D eigenvalue weighted by Crippen LogP contribution is 2.47. The molecular weight excluding hydrogens is 318 g/mol. The summed E-state index contributed by atoms with van der Waals surface area (Å²) in [6.45, 7) is 0. The Hall–Kier alpha value is -2.53. The van der Waals surface area contributed by atoms with Gasteiger partial charge in [-0.1, -0.05) is 67.5 Å². The average molecular weight is 343 g/mol. The Morgan fingerprint density at radius 3 is 2.27 bits per heavy atom. The highest BCUT2D eigenvalue weighted by molar-refractivity contribution is 6.02. The van der Waals surface area contributed by atoms with E-state index in [-0.39, 0.29) is 11.5 Å². The fourth-order valence-electron chi connectivity index (χ4n) is 4.69. The van der Waals surface area contributed by atoms with Gasteiger partial charge in [-0.2, -0.15) is 0 Å². The van der Waals surface area contributed by atoms with Gasteiger partial charge in [0, 0.05) is 17.5 Å². The number of rotatable bonds is 2. The second-order valence-electron chi connectivity index (χ2n) is 7.61. The third kappa shape index (κ3) is 3.27. The maximum absolute atomic E-state index is 13.2. The molecule has 0 aromatic heterocycles. The molecule has 0 amide bonds. The van der Waals surface area contributed by atoms with E-state index >= 15 is 0 Å². The van der Waals surface area contributed by atoms with Crippen LogP contribution in [0.25, 0.3) is 0 Å². The van der Waals surface area contributed by atoms with Crippen molar-refractivity contribution in [3.8, 4) is 11.8 Å². The largest absolute Gasteiger partial charge is 0.623 e. The summed E-state index contributed by atoms with van der Waals surface area (Å²) in [6.07, 6.45) is 7.61. The van der Waals surface area contributed by atoms with E-state index in [0.717, 1.165) is 36.1 Å². The highest BCUT2D eigenvalue weighted by Gasteiger charge is 2.51. The smallest absolute Gasteiger partial charge is 0.201 e. The summed E-state index contributed by atoms with van der Waals surface area (Å²) < 4.78 is 1.31. The molecule has 0 N–H and O–H groups in total.